The monoisotopic (exact) mass is 488 g/mol. The van der Waals surface area contributed by atoms with Crippen LogP contribution >= 0.6 is 0 Å². The Morgan fingerprint density at radius 1 is 1.08 bits per heavy atom. The van der Waals surface area contributed by atoms with Gasteiger partial charge in [-0.05, 0) is 70.0 Å². The first-order valence-electron chi connectivity index (χ1n) is 12.0. The van der Waals surface area contributed by atoms with Gasteiger partial charge in [0.25, 0.3) is 0 Å². The first kappa shape index (κ1) is 25.0. The normalized spacial score (nSPS) is 15.8. The zero-order chi connectivity index (χ0) is 25.7. The summed E-state index contributed by atoms with van der Waals surface area (Å²) in [6.45, 7) is 6.67. The van der Waals surface area contributed by atoms with E-state index in [1.165, 1.54) is 6.33 Å². The van der Waals surface area contributed by atoms with Gasteiger partial charge in [-0.25, -0.2) is 14.8 Å². The average molecular weight is 489 g/mol. The van der Waals surface area contributed by atoms with Crippen molar-refractivity contribution in [2.24, 2.45) is 0 Å². The first-order chi connectivity index (χ1) is 17.2. The molecule has 9 heteroatoms. The number of nitrogen functional groups attached to an aromatic ring is 1. The summed E-state index contributed by atoms with van der Waals surface area (Å²) in [7, 11) is 0. The molecule has 3 aromatic rings. The number of nitrogens with one attached hydrogen (secondary N) is 2. The molecule has 1 fully saturated rings. The standard InChI is InChI=1S/C27H32N6O3/c1-27(2,3)36-26(34)33-15-7-8-19(16-33)32-25-22(24(29)30-17-31-25)23(28)18-11-13-21(14-12-18)35-20-9-5-4-6-10-20/h4-6,9-14,17,19,28H,7-8,15-16H2,1-3H3,(H3,29,30,31,32)/t19-/m1/s1. The summed E-state index contributed by atoms with van der Waals surface area (Å²) in [4.78, 5) is 22.8. The van der Waals surface area contributed by atoms with Crippen molar-refractivity contribution in [1.29, 1.82) is 5.41 Å². The molecule has 1 saturated heterocycles. The molecule has 1 aromatic heterocycles. The molecule has 0 unspecified atom stereocenters. The Bertz CT molecular complexity index is 1210. The number of benzene rings is 2. The molecule has 0 bridgehead atoms. The van der Waals surface area contributed by atoms with Crippen molar-refractivity contribution in [3.8, 4) is 11.5 Å². The molecule has 1 amide bonds. The highest BCUT2D eigenvalue weighted by atomic mass is 16.6. The number of aromatic nitrogens is 2. The zero-order valence-electron chi connectivity index (χ0n) is 20.8. The maximum Gasteiger partial charge on any atom is 0.410 e. The van der Waals surface area contributed by atoms with Crippen molar-refractivity contribution in [1.82, 2.24) is 14.9 Å². The number of piperidine rings is 1. The van der Waals surface area contributed by atoms with Gasteiger partial charge >= 0.3 is 6.09 Å². The van der Waals surface area contributed by atoms with Crippen LogP contribution in [-0.4, -0.2) is 51.4 Å². The van der Waals surface area contributed by atoms with Gasteiger partial charge in [-0.2, -0.15) is 0 Å². The topological polar surface area (TPSA) is 126 Å². The smallest absolute Gasteiger partial charge is 0.410 e. The summed E-state index contributed by atoms with van der Waals surface area (Å²) in [6, 6.07) is 16.7. The summed E-state index contributed by atoms with van der Waals surface area (Å²) in [5, 5.41) is 12.2. The second-order valence-electron chi connectivity index (χ2n) is 9.71. The SMILES string of the molecule is CC(C)(C)OC(=O)N1CCC[C@@H](Nc2ncnc(N)c2C(=N)c2ccc(Oc3ccccc3)cc2)C1. The van der Waals surface area contributed by atoms with E-state index in [1.54, 1.807) is 4.90 Å². The van der Waals surface area contributed by atoms with E-state index in [-0.39, 0.29) is 23.7 Å². The van der Waals surface area contributed by atoms with Crippen molar-refractivity contribution in [2.75, 3.05) is 24.1 Å². The fourth-order valence-electron chi connectivity index (χ4n) is 3.99. The van der Waals surface area contributed by atoms with E-state index in [9.17, 15) is 4.79 Å². The van der Waals surface area contributed by atoms with Gasteiger partial charge in [0.15, 0.2) is 0 Å². The summed E-state index contributed by atoms with van der Waals surface area (Å²) in [5.41, 5.74) is 6.92. The number of hydrogen-bond acceptors (Lipinski definition) is 8. The summed E-state index contributed by atoms with van der Waals surface area (Å²) in [5.74, 6) is 2.08. The van der Waals surface area contributed by atoms with Crippen molar-refractivity contribution < 1.29 is 14.3 Å². The highest BCUT2D eigenvalue weighted by molar-refractivity contribution is 6.16. The van der Waals surface area contributed by atoms with Crippen LogP contribution in [0.2, 0.25) is 0 Å². The van der Waals surface area contributed by atoms with E-state index in [0.717, 1.165) is 18.6 Å². The molecule has 9 nitrogen and oxygen atoms in total. The predicted octanol–water partition coefficient (Wildman–Crippen LogP) is 5.08. The van der Waals surface area contributed by atoms with Crippen LogP contribution in [0, 0.1) is 5.41 Å². The van der Waals surface area contributed by atoms with Crippen LogP contribution in [0.3, 0.4) is 0 Å². The molecular formula is C27H32N6O3. The van der Waals surface area contributed by atoms with Crippen LogP contribution in [0.1, 0.15) is 44.7 Å². The Hall–Kier alpha value is -4.14. The molecule has 2 aromatic carbocycles. The summed E-state index contributed by atoms with van der Waals surface area (Å²) < 4.78 is 11.4. The minimum atomic E-state index is -0.553. The van der Waals surface area contributed by atoms with E-state index in [4.69, 9.17) is 20.6 Å². The molecule has 0 radical (unpaired) electrons. The number of nitrogens with two attached hydrogens (primary N) is 1. The number of para-hydroxylation sites is 1. The third kappa shape index (κ3) is 6.29. The van der Waals surface area contributed by atoms with Crippen LogP contribution in [-0.2, 0) is 4.74 Å². The van der Waals surface area contributed by atoms with Gasteiger partial charge in [-0.15, -0.1) is 0 Å². The van der Waals surface area contributed by atoms with E-state index in [0.29, 0.717) is 35.8 Å². The van der Waals surface area contributed by atoms with Gasteiger partial charge < -0.3 is 25.4 Å². The molecule has 1 atom stereocenters. The fraction of sp³-hybridized carbons (Fsp3) is 0.333. The molecule has 0 saturated carbocycles. The lowest BCUT2D eigenvalue weighted by Gasteiger charge is -2.34. The second kappa shape index (κ2) is 10.6. The number of rotatable bonds is 6. The number of carbonyl (C=O) groups excluding carboxylic acids is 1. The number of likely N-dealkylation sites (tertiary alicyclic amines) is 1. The number of hydrogen-bond donors (Lipinski definition) is 3. The fourth-order valence-corrected chi connectivity index (χ4v) is 3.99. The lowest BCUT2D eigenvalue weighted by molar-refractivity contribution is 0.0206. The van der Waals surface area contributed by atoms with Crippen LogP contribution in [0.25, 0.3) is 0 Å². The van der Waals surface area contributed by atoms with Gasteiger partial charge in [0.05, 0.1) is 11.3 Å². The first-order valence-corrected chi connectivity index (χ1v) is 12.0. The Kier molecular flexibility index (Phi) is 7.38. The molecule has 1 aliphatic heterocycles. The minimum absolute atomic E-state index is 0.0613. The molecule has 4 N–H and O–H groups in total. The van der Waals surface area contributed by atoms with Crippen LogP contribution in [0.15, 0.2) is 60.9 Å². The average Bonchev–Trinajstić information content (AvgIpc) is 2.84. The third-order valence-corrected chi connectivity index (χ3v) is 5.66. The maximum absolute atomic E-state index is 12.6. The van der Waals surface area contributed by atoms with Crippen LogP contribution < -0.4 is 15.8 Å². The Balaban J connectivity index is 1.48. The molecule has 0 aliphatic carbocycles. The molecule has 1 aliphatic rings. The van der Waals surface area contributed by atoms with Crippen molar-refractivity contribution in [3.05, 3.63) is 72.1 Å². The highest BCUT2D eigenvalue weighted by Gasteiger charge is 2.29. The summed E-state index contributed by atoms with van der Waals surface area (Å²) >= 11 is 0. The van der Waals surface area contributed by atoms with E-state index < -0.39 is 5.60 Å². The third-order valence-electron chi connectivity index (χ3n) is 5.66. The summed E-state index contributed by atoms with van der Waals surface area (Å²) in [6.07, 6.45) is 2.72. The largest absolute Gasteiger partial charge is 0.457 e. The van der Waals surface area contributed by atoms with Crippen molar-refractivity contribution in [2.45, 2.75) is 45.3 Å². The maximum atomic E-state index is 12.6. The number of nitrogens with zero attached hydrogens (tertiary/aromatic N) is 3. The number of ether oxygens (including phenoxy) is 2. The highest BCUT2D eigenvalue weighted by Crippen LogP contribution is 2.27. The minimum Gasteiger partial charge on any atom is -0.457 e. The van der Waals surface area contributed by atoms with Crippen LogP contribution in [0.4, 0.5) is 16.4 Å². The zero-order valence-corrected chi connectivity index (χ0v) is 20.8. The van der Waals surface area contributed by atoms with E-state index in [2.05, 4.69) is 15.3 Å². The van der Waals surface area contributed by atoms with Crippen molar-refractivity contribution in [3.63, 3.8) is 0 Å². The lowest BCUT2D eigenvalue weighted by atomic mass is 10.0. The molecule has 36 heavy (non-hydrogen) atoms. The van der Waals surface area contributed by atoms with Crippen LogP contribution in [0.5, 0.6) is 11.5 Å². The van der Waals surface area contributed by atoms with Gasteiger partial charge in [-0.1, -0.05) is 18.2 Å². The van der Waals surface area contributed by atoms with Gasteiger partial charge in [0, 0.05) is 24.7 Å². The predicted molar refractivity (Wildman–Crippen MR) is 140 cm³/mol. The number of anilines is 2. The Labute approximate surface area is 211 Å². The van der Waals surface area contributed by atoms with Gasteiger partial charge in [0.2, 0.25) is 0 Å². The lowest BCUT2D eigenvalue weighted by Crippen LogP contribution is -2.47. The molecule has 188 valence electrons. The van der Waals surface area contributed by atoms with Crippen molar-refractivity contribution >= 4 is 23.4 Å². The van der Waals surface area contributed by atoms with E-state index in [1.807, 2.05) is 75.4 Å². The molecule has 0 spiro atoms. The Morgan fingerprint density at radius 2 is 1.78 bits per heavy atom. The second-order valence-corrected chi connectivity index (χ2v) is 9.71. The van der Waals surface area contributed by atoms with Gasteiger partial charge in [0.1, 0.15) is 35.1 Å². The number of carbonyl (C=O) groups is 1. The Morgan fingerprint density at radius 3 is 2.47 bits per heavy atom. The van der Waals surface area contributed by atoms with E-state index >= 15 is 0 Å². The quantitative estimate of drug-likeness (QED) is 0.413. The number of amides is 1. The molecular weight excluding hydrogens is 456 g/mol. The molecule has 2 heterocycles. The van der Waals surface area contributed by atoms with Gasteiger partial charge in [-0.3, -0.25) is 5.41 Å². The molecule has 4 rings (SSSR count).